The van der Waals surface area contributed by atoms with Crippen LogP contribution in [0.1, 0.15) is 69.9 Å². The van der Waals surface area contributed by atoms with Crippen LogP contribution in [0.25, 0.3) is 0 Å². The van der Waals surface area contributed by atoms with Crippen molar-refractivity contribution >= 4 is 23.5 Å². The average molecular weight is 411 g/mol. The second-order valence-electron chi connectivity index (χ2n) is 8.07. The maximum atomic E-state index is 13.2. The minimum Gasteiger partial charge on any atom is -0.453 e. The number of carbonyl (C=O) groups excluding carboxylic acids is 2. The number of benzene rings is 2. The van der Waals surface area contributed by atoms with Crippen molar-refractivity contribution in [2.45, 2.75) is 74.5 Å². The molecule has 1 heterocycles. The highest BCUT2D eigenvalue weighted by Crippen LogP contribution is 2.43. The Kier molecular flexibility index (Phi) is 7.18. The molecule has 0 N–H and O–H groups in total. The van der Waals surface area contributed by atoms with Crippen LogP contribution in [0.3, 0.4) is 0 Å². The fraction of sp³-hybridized carbons (Fsp3) is 0.440. The monoisotopic (exact) mass is 410 g/mol. The van der Waals surface area contributed by atoms with Gasteiger partial charge in [0, 0.05) is 4.90 Å². The smallest absolute Gasteiger partial charge is 0.327 e. The van der Waals surface area contributed by atoms with Gasteiger partial charge < -0.3 is 4.74 Å². The maximum absolute atomic E-state index is 13.2. The fourth-order valence-corrected chi connectivity index (χ4v) is 5.15. The number of hydrogen-bond acceptors (Lipinski definition) is 4. The number of rotatable bonds is 8. The van der Waals surface area contributed by atoms with Crippen LogP contribution in [0.4, 0.5) is 0 Å². The predicted molar refractivity (Wildman–Crippen MR) is 118 cm³/mol. The lowest BCUT2D eigenvalue weighted by Gasteiger charge is -2.39. The zero-order valence-electron chi connectivity index (χ0n) is 17.5. The lowest BCUT2D eigenvalue weighted by molar-refractivity contribution is -0.172. The van der Waals surface area contributed by atoms with E-state index in [1.165, 1.54) is 11.8 Å². The highest BCUT2D eigenvalue weighted by Gasteiger charge is 2.48. The Balaban J connectivity index is 1.85. The van der Waals surface area contributed by atoms with Crippen molar-refractivity contribution in [1.82, 2.24) is 0 Å². The largest absolute Gasteiger partial charge is 0.453 e. The molecule has 3 nitrogen and oxygen atoms in total. The minimum atomic E-state index is -0.834. The number of ether oxygens (including phenoxy) is 1. The van der Waals surface area contributed by atoms with Crippen molar-refractivity contribution in [3.63, 3.8) is 0 Å². The summed E-state index contributed by atoms with van der Waals surface area (Å²) in [4.78, 5) is 27.2. The summed E-state index contributed by atoms with van der Waals surface area (Å²) in [6.45, 7) is 6.38. The van der Waals surface area contributed by atoms with Crippen molar-refractivity contribution in [3.8, 4) is 0 Å². The quantitative estimate of drug-likeness (QED) is 0.292. The maximum Gasteiger partial charge on any atom is 0.327 e. The van der Waals surface area contributed by atoms with Gasteiger partial charge in [0.2, 0.25) is 0 Å². The molecule has 0 aliphatic carbocycles. The third-order valence-corrected chi connectivity index (χ3v) is 6.85. The first-order chi connectivity index (χ1) is 14.0. The summed E-state index contributed by atoms with van der Waals surface area (Å²) in [5.74, 6) is -0.124. The molecular weight excluding hydrogens is 380 g/mol. The van der Waals surface area contributed by atoms with E-state index in [9.17, 15) is 9.59 Å². The number of esters is 1. The summed E-state index contributed by atoms with van der Waals surface area (Å²) in [5.41, 5.74) is 1.24. The van der Waals surface area contributed by atoms with Gasteiger partial charge in [0.1, 0.15) is 5.60 Å². The zero-order chi connectivity index (χ0) is 20.9. The van der Waals surface area contributed by atoms with Crippen LogP contribution >= 0.6 is 11.8 Å². The molecule has 0 radical (unpaired) electrons. The molecule has 3 rings (SSSR count). The van der Waals surface area contributed by atoms with E-state index in [0.29, 0.717) is 12.3 Å². The van der Waals surface area contributed by atoms with E-state index in [0.717, 1.165) is 35.3 Å². The van der Waals surface area contributed by atoms with E-state index in [-0.39, 0.29) is 12.2 Å². The van der Waals surface area contributed by atoms with E-state index in [1.807, 2.05) is 48.5 Å². The summed E-state index contributed by atoms with van der Waals surface area (Å²) in [6, 6.07) is 17.7. The van der Waals surface area contributed by atoms with E-state index >= 15 is 0 Å². The van der Waals surface area contributed by atoms with Gasteiger partial charge in [0.15, 0.2) is 11.0 Å². The second-order valence-corrected chi connectivity index (χ2v) is 9.22. The normalized spacial score (nSPS) is 22.0. The van der Waals surface area contributed by atoms with E-state index in [4.69, 9.17) is 4.74 Å². The summed E-state index contributed by atoms with van der Waals surface area (Å²) in [7, 11) is 0. The molecule has 1 aliphatic rings. The highest BCUT2D eigenvalue weighted by molar-refractivity contribution is 8.01. The first kappa shape index (κ1) is 21.6. The van der Waals surface area contributed by atoms with Crippen LogP contribution in [0.15, 0.2) is 59.5 Å². The number of hydrogen-bond donors (Lipinski definition) is 0. The van der Waals surface area contributed by atoms with Crippen molar-refractivity contribution in [3.05, 3.63) is 65.7 Å². The number of thioether (sulfide) groups is 1. The van der Waals surface area contributed by atoms with E-state index < -0.39 is 16.8 Å². The van der Waals surface area contributed by atoms with Gasteiger partial charge in [-0.2, -0.15) is 0 Å². The van der Waals surface area contributed by atoms with Crippen LogP contribution < -0.4 is 0 Å². The lowest BCUT2D eigenvalue weighted by Crippen LogP contribution is -2.47. The van der Waals surface area contributed by atoms with Crippen LogP contribution in [-0.4, -0.2) is 17.0 Å². The molecule has 2 aromatic carbocycles. The molecule has 0 amide bonds. The molecule has 2 atom stereocenters. The third-order valence-electron chi connectivity index (χ3n) is 5.53. The fourth-order valence-electron chi connectivity index (χ4n) is 3.94. The average Bonchev–Trinajstić information content (AvgIpc) is 2.72. The first-order valence-electron chi connectivity index (χ1n) is 10.5. The van der Waals surface area contributed by atoms with E-state index in [1.54, 1.807) is 0 Å². The summed E-state index contributed by atoms with van der Waals surface area (Å²) >= 11 is 1.34. The van der Waals surface area contributed by atoms with Crippen LogP contribution in [0, 0.1) is 0 Å². The summed E-state index contributed by atoms with van der Waals surface area (Å²) < 4.78 is 6.08. The van der Waals surface area contributed by atoms with Gasteiger partial charge in [-0.1, -0.05) is 82.1 Å². The van der Waals surface area contributed by atoms with Gasteiger partial charge in [-0.15, -0.1) is 11.8 Å². The molecule has 1 aliphatic heterocycles. The second kappa shape index (κ2) is 9.62. The molecule has 0 spiro atoms. The summed E-state index contributed by atoms with van der Waals surface area (Å²) in [6.07, 6.45) is 3.99. The molecular formula is C25H30O3S. The molecule has 0 saturated carbocycles. The molecule has 154 valence electrons. The van der Waals surface area contributed by atoms with Gasteiger partial charge in [-0.25, -0.2) is 0 Å². The Morgan fingerprint density at radius 1 is 1.03 bits per heavy atom. The van der Waals surface area contributed by atoms with Gasteiger partial charge >= 0.3 is 5.97 Å². The Morgan fingerprint density at radius 2 is 1.72 bits per heavy atom. The third kappa shape index (κ3) is 4.92. The Labute approximate surface area is 178 Å². The first-order valence-corrected chi connectivity index (χ1v) is 11.4. The van der Waals surface area contributed by atoms with Crippen LogP contribution in [0.5, 0.6) is 0 Å². The van der Waals surface area contributed by atoms with Crippen molar-refractivity contribution in [2.24, 2.45) is 0 Å². The van der Waals surface area contributed by atoms with Crippen LogP contribution in [-0.2, 0) is 19.9 Å². The number of cyclic esters (lactones) is 1. The standard InChI is InChI=1S/C25H30O3S/c1-4-5-11-16-25(19-12-7-6-8-13-19)17-21(26)23(24(27)28-25)29-22-15-10-9-14-20(22)18(2)3/h6-10,12-15,18,23H,4-5,11,16-17H2,1-3H3. The minimum absolute atomic E-state index is 0.0369. The van der Waals surface area contributed by atoms with Crippen molar-refractivity contribution in [1.29, 1.82) is 0 Å². The number of unbranched alkanes of at least 4 members (excludes halogenated alkanes) is 2. The zero-order valence-corrected chi connectivity index (χ0v) is 18.3. The van der Waals surface area contributed by atoms with Crippen molar-refractivity contribution < 1.29 is 14.3 Å². The number of Topliss-reactive ketones (excluding diaryl/α,β-unsaturated/α-hetero) is 1. The highest BCUT2D eigenvalue weighted by atomic mass is 32.2. The summed E-state index contributed by atoms with van der Waals surface area (Å²) in [5, 5.41) is -0.794. The van der Waals surface area contributed by atoms with Gasteiger partial charge in [-0.05, 0) is 36.0 Å². The Morgan fingerprint density at radius 3 is 2.38 bits per heavy atom. The molecule has 29 heavy (non-hydrogen) atoms. The number of carbonyl (C=O) groups is 2. The van der Waals surface area contributed by atoms with Gasteiger partial charge in [-0.3, -0.25) is 9.59 Å². The van der Waals surface area contributed by atoms with Gasteiger partial charge in [0.05, 0.1) is 6.42 Å². The molecule has 4 heteroatoms. The molecule has 1 saturated heterocycles. The van der Waals surface area contributed by atoms with Crippen LogP contribution in [0.2, 0.25) is 0 Å². The SMILES string of the molecule is CCCCCC1(c2ccccc2)CC(=O)C(Sc2ccccc2C(C)C)C(=O)O1. The Bertz CT molecular complexity index is 826. The molecule has 0 bridgehead atoms. The topological polar surface area (TPSA) is 43.4 Å². The Hall–Kier alpha value is -2.07. The van der Waals surface area contributed by atoms with E-state index in [2.05, 4.69) is 26.8 Å². The molecule has 0 aromatic heterocycles. The lowest BCUT2D eigenvalue weighted by atomic mass is 9.81. The number of ketones is 1. The van der Waals surface area contributed by atoms with Gasteiger partial charge in [0.25, 0.3) is 0 Å². The molecule has 2 aromatic rings. The van der Waals surface area contributed by atoms with Crippen molar-refractivity contribution in [2.75, 3.05) is 0 Å². The molecule has 1 fully saturated rings. The molecule has 2 unspecified atom stereocenters. The predicted octanol–water partition coefficient (Wildman–Crippen LogP) is 6.26.